The fourth-order valence-electron chi connectivity index (χ4n) is 1.93. The first-order chi connectivity index (χ1) is 11.7. The first-order valence-electron chi connectivity index (χ1n) is 7.48. The zero-order valence-corrected chi connectivity index (χ0v) is 13.7. The highest BCUT2D eigenvalue weighted by Gasteiger charge is 2.33. The number of aliphatic hydroxyl groups is 4. The summed E-state index contributed by atoms with van der Waals surface area (Å²) >= 11 is 0. The average Bonchev–Trinajstić information content (AvgIpc) is 2.90. The molecule has 1 rings (SSSR count). The van der Waals surface area contributed by atoms with Crippen LogP contribution in [0.2, 0.25) is 0 Å². The Balaban J connectivity index is 2.36. The van der Waals surface area contributed by atoms with Crippen molar-refractivity contribution in [3.05, 3.63) is 12.2 Å². The number of aliphatic hydroxyl groups excluding tert-OH is 4. The van der Waals surface area contributed by atoms with E-state index in [1.165, 1.54) is 13.8 Å². The number of hydrogen-bond acceptors (Lipinski definition) is 9. The summed E-state index contributed by atoms with van der Waals surface area (Å²) in [5, 5.41) is 39.0. The average molecular weight is 362 g/mol. The Morgan fingerprint density at radius 3 is 2.24 bits per heavy atom. The molecular weight excluding hydrogens is 340 g/mol. The molecule has 1 aliphatic heterocycles. The van der Waals surface area contributed by atoms with Gasteiger partial charge >= 0.3 is 0 Å². The van der Waals surface area contributed by atoms with E-state index in [2.05, 4.69) is 10.2 Å². The van der Waals surface area contributed by atoms with E-state index in [1.54, 1.807) is 0 Å². The number of carbonyl (C=O) groups excluding carboxylic acids is 3. The lowest BCUT2D eigenvalue weighted by atomic mass is 10.1. The molecule has 142 valence electrons. The van der Waals surface area contributed by atoms with Crippen molar-refractivity contribution in [1.29, 1.82) is 0 Å². The van der Waals surface area contributed by atoms with Crippen LogP contribution in [0.25, 0.3) is 0 Å². The van der Waals surface area contributed by atoms with Crippen molar-refractivity contribution in [2.24, 2.45) is 0 Å². The van der Waals surface area contributed by atoms with Crippen molar-refractivity contribution >= 4 is 17.7 Å². The molecule has 3 amide bonds. The van der Waals surface area contributed by atoms with Gasteiger partial charge in [0.25, 0.3) is 11.8 Å². The monoisotopic (exact) mass is 362 g/mol. The van der Waals surface area contributed by atoms with Gasteiger partial charge in [-0.2, -0.15) is 0 Å². The van der Waals surface area contributed by atoms with Gasteiger partial charge in [-0.1, -0.05) is 0 Å². The molecule has 0 aliphatic carbocycles. The molecule has 25 heavy (non-hydrogen) atoms. The quantitative estimate of drug-likeness (QED) is 0.116. The second-order valence-electron chi connectivity index (χ2n) is 5.40. The minimum atomic E-state index is -1.64. The summed E-state index contributed by atoms with van der Waals surface area (Å²) in [7, 11) is 0. The highest BCUT2D eigenvalue weighted by molar-refractivity contribution is 6.15. The molecule has 1 aliphatic rings. The molecule has 0 aromatic rings. The maximum absolute atomic E-state index is 12.0. The molecule has 5 atom stereocenters. The summed E-state index contributed by atoms with van der Waals surface area (Å²) in [6.45, 7) is 1.47. The fourth-order valence-corrected chi connectivity index (χ4v) is 1.93. The van der Waals surface area contributed by atoms with Gasteiger partial charge in [0.1, 0.15) is 31.0 Å². The summed E-state index contributed by atoms with van der Waals surface area (Å²) < 4.78 is 0. The second-order valence-corrected chi connectivity index (χ2v) is 5.40. The number of nitrogens with one attached hydrogen (secondary N) is 1. The van der Waals surface area contributed by atoms with E-state index in [-0.39, 0.29) is 0 Å². The highest BCUT2D eigenvalue weighted by Crippen LogP contribution is 2.09. The number of hydrogen-bond donors (Lipinski definition) is 5. The van der Waals surface area contributed by atoms with E-state index in [4.69, 9.17) is 15.1 Å². The predicted octanol–water partition coefficient (Wildman–Crippen LogP) is -3.21. The van der Waals surface area contributed by atoms with Crippen molar-refractivity contribution in [2.75, 3.05) is 13.2 Å². The van der Waals surface area contributed by atoms with Crippen LogP contribution >= 0.6 is 0 Å². The lowest BCUT2D eigenvalue weighted by Crippen LogP contribution is -2.50. The van der Waals surface area contributed by atoms with Gasteiger partial charge < -0.3 is 25.7 Å². The first-order valence-corrected chi connectivity index (χ1v) is 7.48. The minimum absolute atomic E-state index is 0.541. The zero-order chi connectivity index (χ0) is 19.1. The van der Waals surface area contributed by atoms with Crippen LogP contribution in [0.1, 0.15) is 13.8 Å². The van der Waals surface area contributed by atoms with Crippen LogP contribution in [-0.2, 0) is 24.2 Å². The molecule has 11 nitrogen and oxygen atoms in total. The summed E-state index contributed by atoms with van der Waals surface area (Å²) in [6.07, 6.45) is -3.60. The molecule has 0 aromatic carbocycles. The van der Waals surface area contributed by atoms with Gasteiger partial charge in [0.15, 0.2) is 6.23 Å². The van der Waals surface area contributed by atoms with Gasteiger partial charge in [-0.05, 0) is 13.8 Å². The third-order valence-electron chi connectivity index (χ3n) is 3.38. The third kappa shape index (κ3) is 5.85. The summed E-state index contributed by atoms with van der Waals surface area (Å²) in [5.74, 6) is -1.87. The molecule has 0 spiro atoms. The molecule has 0 bridgehead atoms. The Kier molecular flexibility index (Phi) is 8.09. The van der Waals surface area contributed by atoms with Crippen LogP contribution in [0.3, 0.4) is 0 Å². The Hall–Kier alpha value is -1.89. The van der Waals surface area contributed by atoms with E-state index < -0.39 is 61.5 Å². The standard InChI is InChI=1S/C14H22N2O9/c1-7(16-11(20)3-4-12(16)21)14(23)15-8(2)25-24-6-10(19)13(22)9(18)5-17/h3-4,7-10,13,17-19,22H,5-6H2,1-2H3,(H,15,23). The Labute approximate surface area is 143 Å². The maximum atomic E-state index is 12.0. The van der Waals surface area contributed by atoms with Crippen molar-refractivity contribution in [3.8, 4) is 0 Å². The molecular formula is C14H22N2O9. The third-order valence-corrected chi connectivity index (χ3v) is 3.38. The molecule has 5 unspecified atom stereocenters. The molecule has 0 aromatic heterocycles. The van der Waals surface area contributed by atoms with E-state index in [1.807, 2.05) is 0 Å². The van der Waals surface area contributed by atoms with E-state index >= 15 is 0 Å². The molecule has 5 N–H and O–H groups in total. The predicted molar refractivity (Wildman–Crippen MR) is 80.2 cm³/mol. The molecule has 0 saturated carbocycles. The van der Waals surface area contributed by atoms with Crippen LogP contribution in [0.5, 0.6) is 0 Å². The summed E-state index contributed by atoms with van der Waals surface area (Å²) in [6, 6.07) is -1.06. The lowest BCUT2D eigenvalue weighted by molar-refractivity contribution is -0.338. The van der Waals surface area contributed by atoms with Crippen molar-refractivity contribution in [3.63, 3.8) is 0 Å². The number of carbonyl (C=O) groups is 3. The van der Waals surface area contributed by atoms with E-state index in [0.29, 0.717) is 0 Å². The van der Waals surface area contributed by atoms with Gasteiger partial charge in [-0.15, -0.1) is 0 Å². The number of imide groups is 1. The summed E-state index contributed by atoms with van der Waals surface area (Å²) in [5.41, 5.74) is 0. The number of amides is 3. The Morgan fingerprint density at radius 2 is 1.72 bits per heavy atom. The SMILES string of the molecule is CC(NC(=O)C(C)N1C(=O)C=CC1=O)OOCC(O)C(O)C(O)CO. The van der Waals surface area contributed by atoms with E-state index in [0.717, 1.165) is 17.1 Å². The van der Waals surface area contributed by atoms with Crippen molar-refractivity contribution in [2.45, 2.75) is 44.4 Å². The van der Waals surface area contributed by atoms with Crippen LogP contribution in [0, 0.1) is 0 Å². The van der Waals surface area contributed by atoms with E-state index in [9.17, 15) is 24.6 Å². The van der Waals surface area contributed by atoms with Gasteiger partial charge in [0, 0.05) is 12.2 Å². The van der Waals surface area contributed by atoms with Gasteiger partial charge in [-0.3, -0.25) is 19.3 Å². The van der Waals surface area contributed by atoms with Crippen LogP contribution in [-0.4, -0.2) is 86.8 Å². The first kappa shape index (κ1) is 21.2. The molecule has 0 saturated heterocycles. The highest BCUT2D eigenvalue weighted by atomic mass is 17.2. The summed E-state index contributed by atoms with van der Waals surface area (Å²) in [4.78, 5) is 45.2. The molecule has 0 radical (unpaired) electrons. The van der Waals surface area contributed by atoms with Crippen LogP contribution in [0.4, 0.5) is 0 Å². The largest absolute Gasteiger partial charge is 0.394 e. The van der Waals surface area contributed by atoms with Crippen LogP contribution < -0.4 is 5.32 Å². The lowest BCUT2D eigenvalue weighted by Gasteiger charge is -2.24. The Morgan fingerprint density at radius 1 is 1.16 bits per heavy atom. The smallest absolute Gasteiger partial charge is 0.254 e. The van der Waals surface area contributed by atoms with Gasteiger partial charge in [0.05, 0.1) is 6.61 Å². The minimum Gasteiger partial charge on any atom is -0.394 e. The van der Waals surface area contributed by atoms with Crippen molar-refractivity contribution in [1.82, 2.24) is 10.2 Å². The molecule has 11 heteroatoms. The number of nitrogens with zero attached hydrogens (tertiary/aromatic N) is 1. The fraction of sp³-hybridized carbons (Fsp3) is 0.643. The normalized spacial score (nSPS) is 20.3. The topological polar surface area (TPSA) is 166 Å². The maximum Gasteiger partial charge on any atom is 0.254 e. The second kappa shape index (κ2) is 9.56. The zero-order valence-electron chi connectivity index (χ0n) is 13.7. The van der Waals surface area contributed by atoms with Crippen LogP contribution in [0.15, 0.2) is 12.2 Å². The molecule has 0 fully saturated rings. The molecule has 1 heterocycles. The van der Waals surface area contributed by atoms with Gasteiger partial charge in [-0.25, -0.2) is 9.78 Å². The Bertz CT molecular complexity index is 506. The number of rotatable bonds is 10. The van der Waals surface area contributed by atoms with Gasteiger partial charge in [0.2, 0.25) is 5.91 Å². The van der Waals surface area contributed by atoms with Crippen molar-refractivity contribution < 1.29 is 44.6 Å².